The van der Waals surface area contributed by atoms with Gasteiger partial charge in [0.1, 0.15) is 23.9 Å². The molecule has 1 heterocycles. The predicted molar refractivity (Wildman–Crippen MR) is 110 cm³/mol. The molecule has 0 spiro atoms. The van der Waals surface area contributed by atoms with Crippen molar-refractivity contribution in [3.8, 4) is 5.75 Å². The van der Waals surface area contributed by atoms with Crippen LogP contribution in [0, 0.1) is 6.92 Å². The van der Waals surface area contributed by atoms with Crippen molar-refractivity contribution in [3.05, 3.63) is 88.3 Å². The molecule has 6 heteroatoms. The highest BCUT2D eigenvalue weighted by Gasteiger charge is 2.07. The Morgan fingerprint density at radius 1 is 1.14 bits per heavy atom. The molecule has 1 N–H and O–H groups in total. The SMILES string of the molecule is Cc1cccc(Cl)c1OCc1ccc(/C=N/NC(=O)CCc2ccccc2)o1. The number of hydrogen-bond acceptors (Lipinski definition) is 4. The molecule has 0 aliphatic carbocycles. The van der Waals surface area contributed by atoms with Gasteiger partial charge in [-0.25, -0.2) is 5.43 Å². The first-order chi connectivity index (χ1) is 13.6. The summed E-state index contributed by atoms with van der Waals surface area (Å²) in [6.45, 7) is 2.18. The number of para-hydroxylation sites is 1. The maximum Gasteiger partial charge on any atom is 0.240 e. The number of ether oxygens (including phenoxy) is 1. The Hall–Kier alpha value is -3.05. The molecule has 0 unspecified atom stereocenters. The third-order valence-electron chi connectivity index (χ3n) is 4.07. The summed E-state index contributed by atoms with van der Waals surface area (Å²) in [5.74, 6) is 1.65. The summed E-state index contributed by atoms with van der Waals surface area (Å²) in [6, 6.07) is 19.0. The van der Waals surface area contributed by atoms with E-state index >= 15 is 0 Å². The van der Waals surface area contributed by atoms with Crippen LogP contribution in [0.25, 0.3) is 0 Å². The molecule has 28 heavy (non-hydrogen) atoms. The molecule has 1 amide bonds. The molecule has 0 radical (unpaired) electrons. The molecule has 0 aliphatic rings. The summed E-state index contributed by atoms with van der Waals surface area (Å²) in [6.07, 6.45) is 2.51. The van der Waals surface area contributed by atoms with Gasteiger partial charge in [0, 0.05) is 6.42 Å². The van der Waals surface area contributed by atoms with E-state index in [1.807, 2.05) is 49.4 Å². The van der Waals surface area contributed by atoms with Crippen molar-refractivity contribution in [1.29, 1.82) is 0 Å². The average molecular weight is 397 g/mol. The summed E-state index contributed by atoms with van der Waals surface area (Å²) >= 11 is 6.15. The lowest BCUT2D eigenvalue weighted by Gasteiger charge is -2.09. The fraction of sp³-hybridized carbons (Fsp3) is 0.182. The second kappa shape index (κ2) is 9.76. The van der Waals surface area contributed by atoms with Gasteiger partial charge in [0.15, 0.2) is 0 Å². The largest absolute Gasteiger partial charge is 0.484 e. The van der Waals surface area contributed by atoms with E-state index in [1.54, 1.807) is 18.2 Å². The number of halogens is 1. The van der Waals surface area contributed by atoms with Crippen LogP contribution in [0.3, 0.4) is 0 Å². The van der Waals surface area contributed by atoms with Gasteiger partial charge in [-0.2, -0.15) is 5.10 Å². The van der Waals surface area contributed by atoms with Crippen LogP contribution in [-0.4, -0.2) is 12.1 Å². The maximum atomic E-state index is 11.8. The molecular formula is C22H21ClN2O3. The van der Waals surface area contributed by atoms with Crippen molar-refractivity contribution in [1.82, 2.24) is 5.43 Å². The molecule has 144 valence electrons. The third kappa shape index (κ3) is 5.72. The lowest BCUT2D eigenvalue weighted by Crippen LogP contribution is -2.17. The summed E-state index contributed by atoms with van der Waals surface area (Å²) in [7, 11) is 0. The molecule has 0 fully saturated rings. The molecule has 0 bridgehead atoms. The van der Waals surface area contributed by atoms with E-state index in [0.717, 1.165) is 11.1 Å². The quantitative estimate of drug-likeness (QED) is 0.435. The Kier molecular flexibility index (Phi) is 6.87. The van der Waals surface area contributed by atoms with Gasteiger partial charge >= 0.3 is 0 Å². The standard InChI is InChI=1S/C22H21ClN2O3/c1-16-6-5-9-20(23)22(16)27-15-19-12-11-18(28-19)14-24-25-21(26)13-10-17-7-3-2-4-8-17/h2-9,11-12,14H,10,13,15H2,1H3,(H,25,26)/b24-14+. The summed E-state index contributed by atoms with van der Waals surface area (Å²) < 4.78 is 11.4. The normalized spacial score (nSPS) is 10.9. The van der Waals surface area contributed by atoms with Crippen LogP contribution in [0.5, 0.6) is 5.75 Å². The van der Waals surface area contributed by atoms with Crippen LogP contribution >= 0.6 is 11.6 Å². The van der Waals surface area contributed by atoms with E-state index in [-0.39, 0.29) is 12.5 Å². The molecule has 0 atom stereocenters. The summed E-state index contributed by atoms with van der Waals surface area (Å²) in [5, 5.41) is 4.50. The number of hydrazone groups is 1. The van der Waals surface area contributed by atoms with Gasteiger partial charge in [-0.05, 0) is 42.7 Å². The molecule has 3 aromatic rings. The lowest BCUT2D eigenvalue weighted by molar-refractivity contribution is -0.121. The van der Waals surface area contributed by atoms with E-state index in [4.69, 9.17) is 20.8 Å². The second-order valence-electron chi connectivity index (χ2n) is 6.26. The molecule has 0 aliphatic heterocycles. The maximum absolute atomic E-state index is 11.8. The van der Waals surface area contributed by atoms with Gasteiger partial charge in [-0.3, -0.25) is 4.79 Å². The van der Waals surface area contributed by atoms with E-state index in [9.17, 15) is 4.79 Å². The smallest absolute Gasteiger partial charge is 0.240 e. The van der Waals surface area contributed by atoms with E-state index in [2.05, 4.69) is 10.5 Å². The first-order valence-electron chi connectivity index (χ1n) is 8.94. The zero-order valence-corrected chi connectivity index (χ0v) is 16.3. The average Bonchev–Trinajstić information content (AvgIpc) is 3.14. The van der Waals surface area contributed by atoms with Crippen LogP contribution in [0.2, 0.25) is 5.02 Å². The third-order valence-corrected chi connectivity index (χ3v) is 4.37. The van der Waals surface area contributed by atoms with E-state index in [1.165, 1.54) is 6.21 Å². The first-order valence-corrected chi connectivity index (χ1v) is 9.32. The number of nitrogens with zero attached hydrogens (tertiary/aromatic N) is 1. The zero-order valence-electron chi connectivity index (χ0n) is 15.5. The molecule has 0 saturated heterocycles. The highest BCUT2D eigenvalue weighted by Crippen LogP contribution is 2.28. The number of carbonyl (C=O) groups excluding carboxylic acids is 1. The fourth-order valence-electron chi connectivity index (χ4n) is 2.61. The van der Waals surface area contributed by atoms with Crippen molar-refractivity contribution in [2.24, 2.45) is 5.10 Å². The van der Waals surface area contributed by atoms with Crippen LogP contribution in [0.4, 0.5) is 0 Å². The Morgan fingerprint density at radius 3 is 2.75 bits per heavy atom. The highest BCUT2D eigenvalue weighted by atomic mass is 35.5. The topological polar surface area (TPSA) is 63.8 Å². The predicted octanol–water partition coefficient (Wildman–Crippen LogP) is 4.90. The van der Waals surface area contributed by atoms with Crippen molar-refractivity contribution in [3.63, 3.8) is 0 Å². The van der Waals surface area contributed by atoms with Gasteiger partial charge in [0.2, 0.25) is 5.91 Å². The summed E-state index contributed by atoms with van der Waals surface area (Å²) in [5.41, 5.74) is 4.58. The van der Waals surface area contributed by atoms with Gasteiger partial charge in [-0.15, -0.1) is 0 Å². The Labute approximate surface area is 169 Å². The number of nitrogens with one attached hydrogen (secondary N) is 1. The van der Waals surface area contributed by atoms with Crippen LogP contribution in [0.1, 0.15) is 29.1 Å². The van der Waals surface area contributed by atoms with Crippen LogP contribution in [-0.2, 0) is 17.8 Å². The van der Waals surface area contributed by atoms with Crippen molar-refractivity contribution < 1.29 is 13.9 Å². The van der Waals surface area contributed by atoms with Crippen molar-refractivity contribution >= 4 is 23.7 Å². The first kappa shape index (κ1) is 19.7. The minimum atomic E-state index is -0.149. The fourth-order valence-corrected chi connectivity index (χ4v) is 2.89. The molecule has 2 aromatic carbocycles. The number of hydrogen-bond donors (Lipinski definition) is 1. The van der Waals surface area contributed by atoms with Gasteiger partial charge < -0.3 is 9.15 Å². The lowest BCUT2D eigenvalue weighted by atomic mass is 10.1. The minimum Gasteiger partial charge on any atom is -0.484 e. The Morgan fingerprint density at radius 2 is 1.96 bits per heavy atom. The highest BCUT2D eigenvalue weighted by molar-refractivity contribution is 6.32. The number of rotatable bonds is 8. The summed E-state index contributed by atoms with van der Waals surface area (Å²) in [4.78, 5) is 11.8. The molecule has 3 rings (SSSR count). The van der Waals surface area contributed by atoms with Crippen molar-refractivity contribution in [2.45, 2.75) is 26.4 Å². The second-order valence-corrected chi connectivity index (χ2v) is 6.66. The molecular weight excluding hydrogens is 376 g/mol. The van der Waals surface area contributed by atoms with E-state index in [0.29, 0.717) is 35.1 Å². The molecule has 1 aromatic heterocycles. The number of furan rings is 1. The Balaban J connectivity index is 1.45. The number of carbonyl (C=O) groups is 1. The number of amides is 1. The van der Waals surface area contributed by atoms with Crippen LogP contribution < -0.4 is 10.2 Å². The van der Waals surface area contributed by atoms with Gasteiger partial charge in [0.05, 0.1) is 11.2 Å². The number of aryl methyl sites for hydroxylation is 2. The van der Waals surface area contributed by atoms with Gasteiger partial charge in [0.25, 0.3) is 0 Å². The van der Waals surface area contributed by atoms with E-state index < -0.39 is 0 Å². The Bertz CT molecular complexity index is 931. The van der Waals surface area contributed by atoms with Gasteiger partial charge in [-0.1, -0.05) is 54.1 Å². The molecule has 0 saturated carbocycles. The van der Waals surface area contributed by atoms with Crippen LogP contribution in [0.15, 0.2) is 70.2 Å². The van der Waals surface area contributed by atoms with Crippen molar-refractivity contribution in [2.75, 3.05) is 0 Å². The minimum absolute atomic E-state index is 0.149. The monoisotopic (exact) mass is 396 g/mol. The zero-order chi connectivity index (χ0) is 19.8. The molecule has 5 nitrogen and oxygen atoms in total. The number of benzene rings is 2.